The fourth-order valence-corrected chi connectivity index (χ4v) is 4.80. The van der Waals surface area contributed by atoms with Gasteiger partial charge in [0.15, 0.2) is 0 Å². The number of benzene rings is 1. The summed E-state index contributed by atoms with van der Waals surface area (Å²) < 4.78 is 1.82. The van der Waals surface area contributed by atoms with Gasteiger partial charge in [0.2, 0.25) is 7.28 Å². The normalized spacial score (nSPS) is 14.8. The summed E-state index contributed by atoms with van der Waals surface area (Å²) in [5.41, 5.74) is 8.99. The first-order chi connectivity index (χ1) is 18.8. The summed E-state index contributed by atoms with van der Waals surface area (Å²) in [5, 5.41) is 0. The number of rotatable bonds is 5. The summed E-state index contributed by atoms with van der Waals surface area (Å²) in [5.74, 6) is 2.09. The lowest BCUT2D eigenvalue weighted by Gasteiger charge is -2.29. The first kappa shape index (κ1) is 30.4. The van der Waals surface area contributed by atoms with Crippen LogP contribution in [-0.2, 0) is 0 Å². The van der Waals surface area contributed by atoms with Crippen LogP contribution in [0, 0.1) is 13.8 Å². The Morgan fingerprint density at radius 1 is 1.00 bits per heavy atom. The highest BCUT2D eigenvalue weighted by molar-refractivity contribution is 6.63. The fourth-order valence-electron chi connectivity index (χ4n) is 4.80. The molecule has 3 aromatic rings. The molecule has 5 nitrogen and oxygen atoms in total. The molecule has 0 bridgehead atoms. The predicted molar refractivity (Wildman–Crippen MR) is 169 cm³/mol. The van der Waals surface area contributed by atoms with Gasteiger partial charge in [-0.1, -0.05) is 39.0 Å². The maximum atomic E-state index is 13.1. The van der Waals surface area contributed by atoms with Crippen LogP contribution in [0.2, 0.25) is 0 Å². The number of nitrogens with zero attached hydrogens (tertiary/aromatic N) is 4. The number of aromatic nitrogens is 2. The molecule has 2 aliphatic heterocycles. The van der Waals surface area contributed by atoms with Crippen LogP contribution >= 0.6 is 0 Å². The van der Waals surface area contributed by atoms with Crippen LogP contribution < -0.4 is 16.1 Å². The minimum atomic E-state index is -0.0142. The third-order valence-corrected chi connectivity index (χ3v) is 7.65. The zero-order valence-corrected chi connectivity index (χ0v) is 25.3. The van der Waals surface area contributed by atoms with Gasteiger partial charge in [0.05, 0.1) is 11.7 Å². The molecule has 1 aromatic carbocycles. The van der Waals surface area contributed by atoms with Crippen molar-refractivity contribution < 1.29 is 0 Å². The molecular weight excluding hydrogens is 479 g/mol. The van der Waals surface area contributed by atoms with E-state index < -0.39 is 0 Å². The predicted octanol–water partition coefficient (Wildman–Crippen LogP) is 5.79. The molecule has 1 fully saturated rings. The number of fused-ring (bicyclic) bond motifs is 1. The van der Waals surface area contributed by atoms with E-state index in [2.05, 4.69) is 87.9 Å². The zero-order valence-electron chi connectivity index (χ0n) is 25.3. The molecular formula is C33H46BN4O. The van der Waals surface area contributed by atoms with Gasteiger partial charge in [0.25, 0.3) is 5.56 Å². The number of aryl methyl sites for hydroxylation is 2. The van der Waals surface area contributed by atoms with Gasteiger partial charge in [-0.25, -0.2) is 0 Å². The molecule has 1 radical (unpaired) electrons. The lowest BCUT2D eigenvalue weighted by Crippen LogP contribution is -2.30. The van der Waals surface area contributed by atoms with Gasteiger partial charge in [0.1, 0.15) is 0 Å². The van der Waals surface area contributed by atoms with Gasteiger partial charge >= 0.3 is 0 Å². The zero-order chi connectivity index (χ0) is 28.5. The van der Waals surface area contributed by atoms with E-state index in [0.29, 0.717) is 0 Å². The third kappa shape index (κ3) is 7.51. The Morgan fingerprint density at radius 3 is 2.31 bits per heavy atom. The summed E-state index contributed by atoms with van der Waals surface area (Å²) in [4.78, 5) is 22.3. The molecule has 2 aromatic heterocycles. The van der Waals surface area contributed by atoms with E-state index >= 15 is 0 Å². The largest absolute Gasteiger partial charge is 0.370 e. The van der Waals surface area contributed by atoms with Crippen molar-refractivity contribution in [1.29, 1.82) is 0 Å². The van der Waals surface area contributed by atoms with E-state index in [0.717, 1.165) is 47.5 Å². The Labute approximate surface area is 236 Å². The van der Waals surface area contributed by atoms with Crippen LogP contribution in [0.5, 0.6) is 0 Å². The van der Waals surface area contributed by atoms with E-state index in [9.17, 15) is 4.79 Å². The van der Waals surface area contributed by atoms with Crippen LogP contribution in [0.4, 0.5) is 5.69 Å². The molecule has 0 spiro atoms. The average Bonchev–Trinajstić information content (AvgIpc) is 3.39. The molecule has 1 unspecified atom stereocenters. The number of piperidine rings is 1. The molecule has 2 aliphatic rings. The lowest BCUT2D eigenvalue weighted by molar-refractivity contribution is 0.434. The lowest BCUT2D eigenvalue weighted by atomic mass is 9.77. The van der Waals surface area contributed by atoms with Gasteiger partial charge in [-0.15, -0.1) is 5.98 Å². The molecule has 1 atom stereocenters. The quantitative estimate of drug-likeness (QED) is 0.396. The first-order valence-corrected chi connectivity index (χ1v) is 14.5. The van der Waals surface area contributed by atoms with Crippen LogP contribution in [-0.4, -0.2) is 55.5 Å². The highest BCUT2D eigenvalue weighted by Gasteiger charge is 2.21. The molecule has 39 heavy (non-hydrogen) atoms. The number of pyridine rings is 2. The van der Waals surface area contributed by atoms with Crippen LogP contribution in [0.1, 0.15) is 80.8 Å². The fraction of sp³-hybridized carbons (Fsp3) is 0.455. The van der Waals surface area contributed by atoms with Gasteiger partial charge in [-0.2, -0.15) is 0 Å². The second-order valence-electron chi connectivity index (χ2n) is 10.5. The molecule has 0 amide bonds. The highest BCUT2D eigenvalue weighted by atomic mass is 16.1. The smallest absolute Gasteiger partial charge is 0.251 e. The van der Waals surface area contributed by atoms with Crippen LogP contribution in [0.3, 0.4) is 0 Å². The highest BCUT2D eigenvalue weighted by Crippen LogP contribution is 2.29. The topological polar surface area (TPSA) is 41.4 Å². The van der Waals surface area contributed by atoms with Crippen molar-refractivity contribution in [2.45, 2.75) is 66.8 Å². The van der Waals surface area contributed by atoms with Crippen molar-refractivity contribution in [2.24, 2.45) is 0 Å². The minimum Gasteiger partial charge on any atom is -0.370 e. The SMILES string of the molecule is CC.CCN(C)C.Cc1ccc(C(C)n2ccc(C3=C[B]c4ncc(N5CCCCC5)cc43)cc2=O)cc1C. The Hall–Kier alpha value is -3.12. The van der Waals surface area contributed by atoms with Crippen molar-refractivity contribution in [3.8, 4) is 0 Å². The maximum Gasteiger partial charge on any atom is 0.251 e. The minimum absolute atomic E-state index is 0.0142. The monoisotopic (exact) mass is 525 g/mol. The molecule has 5 rings (SSSR count). The molecule has 4 heterocycles. The van der Waals surface area contributed by atoms with Gasteiger partial charge < -0.3 is 14.4 Å². The summed E-state index contributed by atoms with van der Waals surface area (Å²) in [6.45, 7) is 15.8. The molecule has 6 heteroatoms. The second-order valence-corrected chi connectivity index (χ2v) is 10.5. The Kier molecular flexibility index (Phi) is 11.2. The summed E-state index contributed by atoms with van der Waals surface area (Å²) in [7, 11) is 6.16. The van der Waals surface area contributed by atoms with Gasteiger partial charge in [-0.05, 0) is 106 Å². The number of hydrogen-bond acceptors (Lipinski definition) is 4. The van der Waals surface area contributed by atoms with E-state index in [1.165, 1.54) is 36.1 Å². The van der Waals surface area contributed by atoms with E-state index in [1.54, 1.807) is 6.07 Å². The van der Waals surface area contributed by atoms with Crippen molar-refractivity contribution >= 4 is 24.1 Å². The number of hydrogen-bond donors (Lipinski definition) is 0. The van der Waals surface area contributed by atoms with E-state index in [-0.39, 0.29) is 11.6 Å². The van der Waals surface area contributed by atoms with Crippen molar-refractivity contribution in [3.05, 3.63) is 92.9 Å². The summed E-state index contributed by atoms with van der Waals surface area (Å²) in [6.07, 6.45) is 7.70. The standard InChI is InChI=1S/C27H29BN3O.C4H11N.C2H6/c1-18-7-8-21(13-19(18)2)20(3)31-12-9-22(14-26(31)32)25-16-28-27-24(25)15-23(17-29-27)30-10-5-4-6-11-30;1-4-5(2)3;1-2/h7-9,12-17,20H,4-6,10-11H2,1-3H3;4H2,1-3H3;1-2H3. The maximum absolute atomic E-state index is 13.1. The molecule has 0 saturated carbocycles. The second kappa shape index (κ2) is 14.3. The Morgan fingerprint density at radius 2 is 1.69 bits per heavy atom. The molecule has 0 aliphatic carbocycles. The van der Waals surface area contributed by atoms with Crippen LogP contribution in [0.15, 0.2) is 59.6 Å². The number of anilines is 1. The third-order valence-electron chi connectivity index (χ3n) is 7.65. The summed E-state index contributed by atoms with van der Waals surface area (Å²) >= 11 is 0. The van der Waals surface area contributed by atoms with Crippen molar-refractivity contribution in [3.63, 3.8) is 0 Å². The van der Waals surface area contributed by atoms with Gasteiger partial charge in [-0.3, -0.25) is 9.78 Å². The Balaban J connectivity index is 0.000000542. The molecule has 0 N–H and O–H groups in total. The Bertz CT molecular complexity index is 1320. The molecule has 1 saturated heterocycles. The van der Waals surface area contributed by atoms with Gasteiger partial charge in [0, 0.05) is 37.1 Å². The summed E-state index contributed by atoms with van der Waals surface area (Å²) in [6, 6.07) is 12.5. The van der Waals surface area contributed by atoms with E-state index in [4.69, 9.17) is 4.98 Å². The average molecular weight is 526 g/mol. The van der Waals surface area contributed by atoms with Crippen molar-refractivity contribution in [1.82, 2.24) is 14.5 Å². The van der Waals surface area contributed by atoms with Crippen LogP contribution in [0.25, 0.3) is 5.57 Å². The van der Waals surface area contributed by atoms with E-state index in [1.807, 2.05) is 38.1 Å². The van der Waals surface area contributed by atoms with Crippen molar-refractivity contribution in [2.75, 3.05) is 38.6 Å². The first-order valence-electron chi connectivity index (χ1n) is 14.5. The molecule has 207 valence electrons.